The highest BCUT2D eigenvalue weighted by Crippen LogP contribution is 2.19. The zero-order valence-corrected chi connectivity index (χ0v) is 8.73. The van der Waals surface area contributed by atoms with E-state index in [0.717, 1.165) is 30.6 Å². The van der Waals surface area contributed by atoms with E-state index in [4.69, 9.17) is 5.11 Å². The van der Waals surface area contributed by atoms with Crippen molar-refractivity contribution in [3.05, 3.63) is 17.5 Å². The summed E-state index contributed by atoms with van der Waals surface area (Å²) in [5.41, 5.74) is 1.76. The van der Waals surface area contributed by atoms with Gasteiger partial charge in [-0.2, -0.15) is 5.10 Å². The molecule has 5 heteroatoms. The number of carboxylic acids is 1. The summed E-state index contributed by atoms with van der Waals surface area (Å²) in [6.07, 6.45) is 4.17. The summed E-state index contributed by atoms with van der Waals surface area (Å²) < 4.78 is 1.89. The Balaban J connectivity index is 2.18. The van der Waals surface area contributed by atoms with Crippen molar-refractivity contribution in [3.8, 4) is 0 Å². The van der Waals surface area contributed by atoms with Crippen molar-refractivity contribution in [1.29, 1.82) is 0 Å². The third-order valence-corrected chi connectivity index (χ3v) is 2.82. The fourth-order valence-electron chi connectivity index (χ4n) is 1.98. The maximum Gasteiger partial charge on any atom is 0.307 e. The predicted molar refractivity (Wildman–Crippen MR) is 54.6 cm³/mol. The van der Waals surface area contributed by atoms with Crippen molar-refractivity contribution >= 4 is 5.97 Å². The molecule has 5 nitrogen and oxygen atoms in total. The van der Waals surface area contributed by atoms with Gasteiger partial charge in [0.2, 0.25) is 0 Å². The number of nitrogens with one attached hydrogen (secondary N) is 1. The first-order valence-electron chi connectivity index (χ1n) is 5.16. The molecule has 1 aromatic heterocycles. The number of rotatable bonds is 3. The van der Waals surface area contributed by atoms with Crippen molar-refractivity contribution in [1.82, 2.24) is 15.1 Å². The van der Waals surface area contributed by atoms with E-state index in [1.165, 1.54) is 0 Å². The van der Waals surface area contributed by atoms with Crippen LogP contribution in [0.15, 0.2) is 6.20 Å². The van der Waals surface area contributed by atoms with Crippen LogP contribution in [0.5, 0.6) is 0 Å². The minimum absolute atomic E-state index is 0.0541. The van der Waals surface area contributed by atoms with Gasteiger partial charge in [0.05, 0.1) is 12.6 Å². The lowest BCUT2D eigenvalue weighted by Gasteiger charge is -2.13. The van der Waals surface area contributed by atoms with E-state index in [1.807, 2.05) is 11.6 Å². The van der Waals surface area contributed by atoms with E-state index >= 15 is 0 Å². The third kappa shape index (κ3) is 2.02. The normalized spacial score (nSPS) is 20.7. The van der Waals surface area contributed by atoms with Crippen LogP contribution in [0.2, 0.25) is 0 Å². The molecule has 1 aliphatic heterocycles. The minimum atomic E-state index is -0.808. The fraction of sp³-hybridized carbons (Fsp3) is 0.600. The molecule has 0 spiro atoms. The molecule has 1 aliphatic rings. The Morgan fingerprint density at radius 3 is 3.20 bits per heavy atom. The van der Waals surface area contributed by atoms with Gasteiger partial charge in [0.15, 0.2) is 0 Å². The molecule has 1 aromatic rings. The molecule has 1 saturated heterocycles. The molecule has 1 atom stereocenters. The average Bonchev–Trinajstić information content (AvgIpc) is 2.76. The quantitative estimate of drug-likeness (QED) is 0.769. The lowest BCUT2D eigenvalue weighted by molar-refractivity contribution is -0.136. The molecule has 0 radical (unpaired) electrons. The van der Waals surface area contributed by atoms with Crippen LogP contribution in [-0.4, -0.2) is 27.4 Å². The van der Waals surface area contributed by atoms with Gasteiger partial charge in [-0.15, -0.1) is 0 Å². The number of carbonyl (C=O) groups is 1. The first-order valence-corrected chi connectivity index (χ1v) is 5.16. The lowest BCUT2D eigenvalue weighted by atomic mass is 10.2. The summed E-state index contributed by atoms with van der Waals surface area (Å²) in [6.45, 7) is 2.93. The standard InChI is InChI=1S/C10H15N3O2/c1-7-8(5-10(14)15)6-12-13(7)9-3-2-4-11-9/h6,9,11H,2-5H2,1H3,(H,14,15). The maximum atomic E-state index is 10.6. The molecule has 0 saturated carbocycles. The highest BCUT2D eigenvalue weighted by molar-refractivity contribution is 5.70. The van der Waals surface area contributed by atoms with Gasteiger partial charge < -0.3 is 5.11 Å². The number of aliphatic carboxylic acids is 1. The second kappa shape index (κ2) is 4.02. The van der Waals surface area contributed by atoms with E-state index in [0.29, 0.717) is 0 Å². The van der Waals surface area contributed by atoms with Gasteiger partial charge in [-0.3, -0.25) is 14.8 Å². The average molecular weight is 209 g/mol. The van der Waals surface area contributed by atoms with Crippen LogP contribution in [0.1, 0.15) is 30.3 Å². The third-order valence-electron chi connectivity index (χ3n) is 2.82. The molecule has 2 N–H and O–H groups in total. The second-order valence-electron chi connectivity index (χ2n) is 3.88. The van der Waals surface area contributed by atoms with Crippen molar-refractivity contribution in [2.24, 2.45) is 0 Å². The first-order chi connectivity index (χ1) is 7.18. The summed E-state index contributed by atoms with van der Waals surface area (Å²) in [5, 5.41) is 16.3. The van der Waals surface area contributed by atoms with Crippen LogP contribution in [0.4, 0.5) is 0 Å². The highest BCUT2D eigenvalue weighted by atomic mass is 16.4. The maximum absolute atomic E-state index is 10.6. The molecule has 82 valence electrons. The monoisotopic (exact) mass is 209 g/mol. The lowest BCUT2D eigenvalue weighted by Crippen LogP contribution is -2.22. The van der Waals surface area contributed by atoms with Crippen LogP contribution >= 0.6 is 0 Å². The summed E-state index contributed by atoms with van der Waals surface area (Å²) in [5.74, 6) is -0.808. The Bertz CT molecular complexity index is 367. The van der Waals surface area contributed by atoms with E-state index in [9.17, 15) is 4.79 Å². The van der Waals surface area contributed by atoms with Crippen molar-refractivity contribution in [3.63, 3.8) is 0 Å². The first kappa shape index (κ1) is 10.2. The Labute approximate surface area is 88.1 Å². The Hall–Kier alpha value is -1.36. The van der Waals surface area contributed by atoms with Crippen LogP contribution in [0.3, 0.4) is 0 Å². The molecule has 1 fully saturated rings. The Morgan fingerprint density at radius 2 is 2.60 bits per heavy atom. The zero-order valence-electron chi connectivity index (χ0n) is 8.73. The number of hydrogen-bond acceptors (Lipinski definition) is 3. The molecule has 2 rings (SSSR count). The van der Waals surface area contributed by atoms with E-state index in [1.54, 1.807) is 6.20 Å². The topological polar surface area (TPSA) is 67.1 Å². The van der Waals surface area contributed by atoms with Crippen LogP contribution in [0.25, 0.3) is 0 Å². The molecule has 15 heavy (non-hydrogen) atoms. The number of aromatic nitrogens is 2. The van der Waals surface area contributed by atoms with Gasteiger partial charge in [0, 0.05) is 11.3 Å². The molecule has 0 aromatic carbocycles. The largest absolute Gasteiger partial charge is 0.481 e. The summed E-state index contributed by atoms with van der Waals surface area (Å²) in [6, 6.07) is 0. The van der Waals surface area contributed by atoms with Gasteiger partial charge in [-0.1, -0.05) is 0 Å². The van der Waals surface area contributed by atoms with E-state index < -0.39 is 5.97 Å². The van der Waals surface area contributed by atoms with Gasteiger partial charge in [-0.05, 0) is 26.3 Å². The van der Waals surface area contributed by atoms with Crippen molar-refractivity contribution in [2.45, 2.75) is 32.4 Å². The number of carboxylic acid groups (broad SMARTS) is 1. The van der Waals surface area contributed by atoms with E-state index in [2.05, 4.69) is 10.4 Å². The van der Waals surface area contributed by atoms with Gasteiger partial charge >= 0.3 is 5.97 Å². The number of nitrogens with zero attached hydrogens (tertiary/aromatic N) is 2. The fourth-order valence-corrected chi connectivity index (χ4v) is 1.98. The van der Waals surface area contributed by atoms with Crippen LogP contribution in [-0.2, 0) is 11.2 Å². The zero-order chi connectivity index (χ0) is 10.8. The van der Waals surface area contributed by atoms with E-state index in [-0.39, 0.29) is 12.6 Å². The van der Waals surface area contributed by atoms with Crippen molar-refractivity contribution < 1.29 is 9.90 Å². The van der Waals surface area contributed by atoms with Gasteiger partial charge in [0.1, 0.15) is 6.17 Å². The van der Waals surface area contributed by atoms with Crippen LogP contribution in [0, 0.1) is 6.92 Å². The predicted octanol–water partition coefficient (Wildman–Crippen LogP) is 0.701. The SMILES string of the molecule is Cc1c(CC(=O)O)cnn1C1CCCN1. The molecular weight excluding hydrogens is 194 g/mol. The summed E-state index contributed by atoms with van der Waals surface area (Å²) in [4.78, 5) is 10.6. The highest BCUT2D eigenvalue weighted by Gasteiger charge is 2.19. The van der Waals surface area contributed by atoms with Gasteiger partial charge in [0.25, 0.3) is 0 Å². The van der Waals surface area contributed by atoms with Crippen molar-refractivity contribution in [2.75, 3.05) is 6.54 Å². The Morgan fingerprint density at radius 1 is 1.80 bits per heavy atom. The number of hydrogen-bond donors (Lipinski definition) is 2. The minimum Gasteiger partial charge on any atom is -0.481 e. The smallest absolute Gasteiger partial charge is 0.307 e. The van der Waals surface area contributed by atoms with Gasteiger partial charge in [-0.25, -0.2) is 0 Å². The van der Waals surface area contributed by atoms with Crippen LogP contribution < -0.4 is 5.32 Å². The summed E-state index contributed by atoms with van der Waals surface area (Å²) in [7, 11) is 0. The second-order valence-corrected chi connectivity index (χ2v) is 3.88. The molecule has 0 aliphatic carbocycles. The molecular formula is C10H15N3O2. The Kier molecular flexibility index (Phi) is 2.73. The summed E-state index contributed by atoms with van der Waals surface area (Å²) >= 11 is 0. The molecule has 2 heterocycles. The molecule has 0 bridgehead atoms. The molecule has 1 unspecified atom stereocenters. The molecule has 0 amide bonds.